The van der Waals surface area contributed by atoms with Crippen molar-refractivity contribution in [3.63, 3.8) is 0 Å². The molecule has 3 aromatic heterocycles. The molecular weight excluding hydrogens is 500 g/mol. The van der Waals surface area contributed by atoms with Gasteiger partial charge in [-0.1, -0.05) is 24.3 Å². The van der Waals surface area contributed by atoms with E-state index in [4.69, 9.17) is 10.7 Å². The van der Waals surface area contributed by atoms with E-state index >= 15 is 0 Å². The molecular formula is C24H25Cl2F3N6. The first-order valence-corrected chi connectivity index (χ1v) is 11.2. The second-order valence-corrected chi connectivity index (χ2v) is 9.12. The van der Waals surface area contributed by atoms with Crippen LogP contribution in [-0.2, 0) is 0 Å². The molecule has 6 rings (SSSR count). The number of fused-ring (bicyclic) bond motifs is 2. The summed E-state index contributed by atoms with van der Waals surface area (Å²) in [5.74, 6) is 1.03. The molecule has 1 aromatic carbocycles. The Morgan fingerprint density at radius 2 is 1.74 bits per heavy atom. The van der Waals surface area contributed by atoms with E-state index in [0.717, 1.165) is 10.9 Å². The number of alkyl halides is 3. The molecule has 35 heavy (non-hydrogen) atoms. The van der Waals surface area contributed by atoms with Crippen molar-refractivity contribution in [1.29, 1.82) is 0 Å². The number of hydrogen-bond acceptors (Lipinski definition) is 5. The largest absolute Gasteiger partial charge is 0.408 e. The predicted octanol–water partition coefficient (Wildman–Crippen LogP) is 5.30. The molecule has 0 spiro atoms. The van der Waals surface area contributed by atoms with Gasteiger partial charge < -0.3 is 5.73 Å². The summed E-state index contributed by atoms with van der Waals surface area (Å²) in [5.41, 5.74) is 9.21. The SMILES string of the molecule is Cl.Cl.N[C@H]1CCN([C@@H](c2ccc3nnc(-c4ccc5ccc(C6CC6)cc5n4)n3c2)C(F)(F)F)C1. The first kappa shape index (κ1) is 25.6. The third-order valence-corrected chi connectivity index (χ3v) is 6.67. The molecule has 1 saturated carbocycles. The summed E-state index contributed by atoms with van der Waals surface area (Å²) >= 11 is 0. The van der Waals surface area contributed by atoms with Crippen LogP contribution in [0.3, 0.4) is 0 Å². The van der Waals surface area contributed by atoms with Crippen LogP contribution in [0.15, 0.2) is 48.7 Å². The van der Waals surface area contributed by atoms with Crippen LogP contribution in [-0.4, -0.2) is 49.8 Å². The highest BCUT2D eigenvalue weighted by atomic mass is 35.5. The molecule has 11 heteroatoms. The molecule has 1 aliphatic heterocycles. The summed E-state index contributed by atoms with van der Waals surface area (Å²) in [6.07, 6.45) is 0.0121. The van der Waals surface area contributed by atoms with Crippen molar-refractivity contribution in [2.24, 2.45) is 5.73 Å². The predicted molar refractivity (Wildman–Crippen MR) is 133 cm³/mol. The number of pyridine rings is 2. The van der Waals surface area contributed by atoms with E-state index in [1.54, 1.807) is 10.5 Å². The molecule has 1 aliphatic carbocycles. The summed E-state index contributed by atoms with van der Waals surface area (Å²) < 4.78 is 43.8. The minimum Gasteiger partial charge on any atom is -0.326 e. The number of rotatable bonds is 4. The number of benzene rings is 1. The molecule has 0 amide bonds. The summed E-state index contributed by atoms with van der Waals surface area (Å²) in [6, 6.07) is 11.2. The fourth-order valence-corrected chi connectivity index (χ4v) is 4.83. The van der Waals surface area contributed by atoms with Crippen molar-refractivity contribution in [1.82, 2.24) is 24.5 Å². The van der Waals surface area contributed by atoms with Gasteiger partial charge in [-0.3, -0.25) is 9.30 Å². The Morgan fingerprint density at radius 3 is 2.43 bits per heavy atom. The van der Waals surface area contributed by atoms with Gasteiger partial charge in [-0.15, -0.1) is 35.0 Å². The van der Waals surface area contributed by atoms with Crippen LogP contribution in [0.5, 0.6) is 0 Å². The molecule has 2 aliphatic rings. The summed E-state index contributed by atoms with van der Waals surface area (Å²) in [6.45, 7) is 0.529. The lowest BCUT2D eigenvalue weighted by Gasteiger charge is -2.30. The third kappa shape index (κ3) is 4.82. The Morgan fingerprint density at radius 1 is 0.971 bits per heavy atom. The zero-order valence-electron chi connectivity index (χ0n) is 18.7. The molecule has 0 bridgehead atoms. The Balaban J connectivity index is 0.00000144. The number of nitrogens with two attached hydrogens (primary N) is 1. The monoisotopic (exact) mass is 524 g/mol. The van der Waals surface area contributed by atoms with Gasteiger partial charge in [0.25, 0.3) is 0 Å². The zero-order chi connectivity index (χ0) is 22.7. The molecule has 0 unspecified atom stereocenters. The van der Waals surface area contributed by atoms with E-state index < -0.39 is 12.2 Å². The Bertz CT molecular complexity index is 1350. The van der Waals surface area contributed by atoms with Gasteiger partial charge in [-0.05, 0) is 54.5 Å². The average molecular weight is 525 g/mol. The van der Waals surface area contributed by atoms with Crippen LogP contribution in [0.2, 0.25) is 0 Å². The quantitative estimate of drug-likeness (QED) is 0.392. The van der Waals surface area contributed by atoms with Gasteiger partial charge in [0, 0.05) is 30.7 Å². The third-order valence-electron chi connectivity index (χ3n) is 6.67. The average Bonchev–Trinajstić information content (AvgIpc) is 3.42. The molecule has 4 heterocycles. The fraction of sp³-hybridized carbons (Fsp3) is 0.375. The molecule has 2 atom stereocenters. The highest BCUT2D eigenvalue weighted by molar-refractivity contribution is 5.85. The topological polar surface area (TPSA) is 72.3 Å². The molecule has 0 radical (unpaired) electrons. The normalized spacial score (nSPS) is 19.5. The minimum atomic E-state index is -4.42. The van der Waals surface area contributed by atoms with Crippen LogP contribution in [0, 0.1) is 0 Å². The van der Waals surface area contributed by atoms with E-state index in [2.05, 4.69) is 28.4 Å². The van der Waals surface area contributed by atoms with Crippen molar-refractivity contribution >= 4 is 41.4 Å². The lowest BCUT2D eigenvalue weighted by atomic mass is 10.1. The van der Waals surface area contributed by atoms with Gasteiger partial charge in [0.1, 0.15) is 11.7 Å². The first-order valence-electron chi connectivity index (χ1n) is 11.2. The molecule has 2 fully saturated rings. The fourth-order valence-electron chi connectivity index (χ4n) is 4.83. The van der Waals surface area contributed by atoms with E-state index in [1.165, 1.54) is 35.6 Å². The maximum Gasteiger partial charge on any atom is 0.408 e. The molecule has 4 aromatic rings. The van der Waals surface area contributed by atoms with Crippen LogP contribution >= 0.6 is 24.8 Å². The van der Waals surface area contributed by atoms with E-state index in [9.17, 15) is 13.2 Å². The van der Waals surface area contributed by atoms with Gasteiger partial charge in [0.2, 0.25) is 0 Å². The van der Waals surface area contributed by atoms with E-state index in [-0.39, 0.29) is 43.0 Å². The van der Waals surface area contributed by atoms with Crippen molar-refractivity contribution < 1.29 is 13.2 Å². The van der Waals surface area contributed by atoms with E-state index in [0.29, 0.717) is 36.0 Å². The van der Waals surface area contributed by atoms with Gasteiger partial charge in [0.05, 0.1) is 5.52 Å². The molecule has 1 saturated heterocycles. The van der Waals surface area contributed by atoms with Crippen molar-refractivity contribution in [2.75, 3.05) is 13.1 Å². The van der Waals surface area contributed by atoms with Crippen LogP contribution in [0.4, 0.5) is 13.2 Å². The molecule has 2 N–H and O–H groups in total. The zero-order valence-corrected chi connectivity index (χ0v) is 20.3. The molecule has 6 nitrogen and oxygen atoms in total. The van der Waals surface area contributed by atoms with Crippen molar-refractivity contribution in [2.45, 2.75) is 43.4 Å². The number of likely N-dealkylation sites (tertiary alicyclic amines) is 1. The number of nitrogens with zero attached hydrogens (tertiary/aromatic N) is 5. The van der Waals surface area contributed by atoms with Gasteiger partial charge in [-0.2, -0.15) is 13.2 Å². The van der Waals surface area contributed by atoms with Gasteiger partial charge in [0.15, 0.2) is 11.5 Å². The Labute approximate surface area is 212 Å². The van der Waals surface area contributed by atoms with Crippen LogP contribution < -0.4 is 5.73 Å². The maximum absolute atomic E-state index is 14.1. The van der Waals surface area contributed by atoms with Gasteiger partial charge in [-0.25, -0.2) is 4.98 Å². The van der Waals surface area contributed by atoms with Crippen molar-refractivity contribution in [3.05, 3.63) is 59.8 Å². The Hall–Kier alpha value is -2.46. The second kappa shape index (κ2) is 9.54. The number of halogens is 5. The Kier molecular flexibility index (Phi) is 6.98. The first-order chi connectivity index (χ1) is 15.9. The number of aromatic nitrogens is 4. The van der Waals surface area contributed by atoms with Crippen LogP contribution in [0.1, 0.15) is 42.3 Å². The molecule has 186 valence electrons. The standard InChI is InChI=1S/C24H23F3N6.2ClH/c25-24(26,27)22(32-10-9-18(28)13-32)17-6-8-21-30-31-23(33(21)12-17)19-7-5-15-3-4-16(14-1-2-14)11-20(15)29-19;;/h3-8,11-12,14,18,22H,1-2,9-10,13,28H2;2*1H/t18-,22-;;/m0../s1. The van der Waals surface area contributed by atoms with Crippen molar-refractivity contribution in [3.8, 4) is 11.5 Å². The minimum absolute atomic E-state index is 0. The highest BCUT2D eigenvalue weighted by Gasteiger charge is 2.46. The highest BCUT2D eigenvalue weighted by Crippen LogP contribution is 2.41. The lowest BCUT2D eigenvalue weighted by Crippen LogP contribution is -2.38. The lowest BCUT2D eigenvalue weighted by molar-refractivity contribution is -0.183. The smallest absolute Gasteiger partial charge is 0.326 e. The maximum atomic E-state index is 14.1. The summed E-state index contributed by atoms with van der Waals surface area (Å²) in [4.78, 5) is 6.18. The number of hydrogen-bond donors (Lipinski definition) is 1. The summed E-state index contributed by atoms with van der Waals surface area (Å²) in [7, 11) is 0. The van der Waals surface area contributed by atoms with Crippen LogP contribution in [0.25, 0.3) is 28.1 Å². The second-order valence-electron chi connectivity index (χ2n) is 9.12. The van der Waals surface area contributed by atoms with E-state index in [1.807, 2.05) is 12.1 Å². The summed E-state index contributed by atoms with van der Waals surface area (Å²) in [5, 5.41) is 9.43. The van der Waals surface area contributed by atoms with Gasteiger partial charge >= 0.3 is 6.18 Å².